The van der Waals surface area contributed by atoms with Crippen LogP contribution in [-0.2, 0) is 20.9 Å². The Morgan fingerprint density at radius 2 is 1.92 bits per heavy atom. The zero-order valence-electron chi connectivity index (χ0n) is 22.2. The summed E-state index contributed by atoms with van der Waals surface area (Å²) in [6.45, 7) is 10.0. The van der Waals surface area contributed by atoms with Crippen LogP contribution in [0.1, 0.15) is 43.4 Å². The second-order valence-electron chi connectivity index (χ2n) is 9.42. The van der Waals surface area contributed by atoms with Gasteiger partial charge in [0.1, 0.15) is 18.5 Å². The third-order valence-electron chi connectivity index (χ3n) is 6.59. The molecule has 0 spiro atoms. The number of rotatable bonds is 11. The Balaban J connectivity index is 1.60. The number of ether oxygens (including phenoxy) is 1. The van der Waals surface area contributed by atoms with E-state index in [9.17, 15) is 14.0 Å². The lowest BCUT2D eigenvalue weighted by Crippen LogP contribution is -2.44. The van der Waals surface area contributed by atoms with Gasteiger partial charge in [0.25, 0.3) is 5.91 Å². The highest BCUT2D eigenvalue weighted by Gasteiger charge is 2.22. The van der Waals surface area contributed by atoms with Crippen LogP contribution in [0.4, 0.5) is 4.39 Å². The summed E-state index contributed by atoms with van der Waals surface area (Å²) in [7, 11) is 0. The number of halogens is 1. The number of nitrogens with one attached hydrogen (secondary N) is 1. The van der Waals surface area contributed by atoms with Gasteiger partial charge in [-0.15, -0.1) is 0 Å². The Hall–Kier alpha value is -4.19. The molecule has 38 heavy (non-hydrogen) atoms. The maximum atomic E-state index is 13.8. The van der Waals surface area contributed by atoms with Crippen molar-refractivity contribution in [3.8, 4) is 0 Å². The fourth-order valence-corrected chi connectivity index (χ4v) is 4.20. The van der Waals surface area contributed by atoms with Crippen molar-refractivity contribution < 1.29 is 18.7 Å². The number of allylic oxidation sites excluding steroid dienone is 6. The van der Waals surface area contributed by atoms with E-state index in [1.807, 2.05) is 62.4 Å². The molecule has 2 aromatic carbocycles. The molecule has 6 heteroatoms. The van der Waals surface area contributed by atoms with Gasteiger partial charge in [-0.05, 0) is 61.2 Å². The van der Waals surface area contributed by atoms with Crippen molar-refractivity contribution in [3.05, 3.63) is 125 Å². The topological polar surface area (TPSA) is 81.4 Å². The number of benzene rings is 2. The first-order chi connectivity index (χ1) is 18.2. The number of hydrogen-bond donors (Lipinski definition) is 2. The van der Waals surface area contributed by atoms with Gasteiger partial charge in [0, 0.05) is 24.3 Å². The van der Waals surface area contributed by atoms with Gasteiger partial charge in [-0.1, -0.05) is 72.9 Å². The normalized spacial score (nSPS) is 16.4. The molecule has 1 aliphatic rings. The summed E-state index contributed by atoms with van der Waals surface area (Å²) in [4.78, 5) is 25.0. The van der Waals surface area contributed by atoms with Crippen LogP contribution in [0.2, 0.25) is 0 Å². The monoisotopic (exact) mass is 514 g/mol. The van der Waals surface area contributed by atoms with E-state index in [0.717, 1.165) is 22.5 Å². The van der Waals surface area contributed by atoms with Crippen molar-refractivity contribution in [2.45, 2.75) is 46.3 Å². The molecule has 0 radical (unpaired) electrons. The molecule has 0 fully saturated rings. The van der Waals surface area contributed by atoms with Gasteiger partial charge in [-0.25, -0.2) is 4.39 Å². The maximum Gasteiger partial charge on any atom is 0.251 e. The standard InChI is InChI=1S/C32H35FN2O3/c1-5-25(29-19-27(33)15-12-22(29)3)18-30(31(34)36)35-32(37)23(4)11-14-26-17-28(16-13-21(26)2)38-20-24-9-7-6-8-10-24/h5-16,19,26,30H,4,17-18,20H2,1-3H3,(H2,34,36)(H,35,37)/b14-11-,25-5-. The molecule has 0 aliphatic heterocycles. The van der Waals surface area contributed by atoms with Crippen molar-refractivity contribution in [2.75, 3.05) is 0 Å². The third kappa shape index (κ3) is 7.90. The Morgan fingerprint density at radius 1 is 1.18 bits per heavy atom. The molecule has 0 saturated heterocycles. The van der Waals surface area contributed by atoms with Gasteiger partial charge < -0.3 is 15.8 Å². The van der Waals surface area contributed by atoms with Crippen LogP contribution in [0.25, 0.3) is 5.57 Å². The van der Waals surface area contributed by atoms with Crippen molar-refractivity contribution in [1.82, 2.24) is 5.32 Å². The van der Waals surface area contributed by atoms with Crippen LogP contribution < -0.4 is 11.1 Å². The predicted octanol–water partition coefficient (Wildman–Crippen LogP) is 6.08. The molecule has 2 aromatic rings. The van der Waals surface area contributed by atoms with Crippen LogP contribution in [-0.4, -0.2) is 17.9 Å². The number of amides is 2. The molecule has 198 valence electrons. The van der Waals surface area contributed by atoms with Crippen LogP contribution >= 0.6 is 0 Å². The van der Waals surface area contributed by atoms with E-state index in [0.29, 0.717) is 24.2 Å². The molecule has 0 saturated carbocycles. The SMILES string of the molecule is C=C(/C=C\C1CC(OCc2ccccc2)=CC=C1C)C(=O)NC(C/C(=C/C)c1cc(F)ccc1C)C(N)=O. The van der Waals surface area contributed by atoms with Crippen LogP contribution in [0.5, 0.6) is 0 Å². The Labute approximate surface area is 224 Å². The Bertz CT molecular complexity index is 1310. The molecule has 2 atom stereocenters. The number of carbonyl (C=O) groups excluding carboxylic acids is 2. The van der Waals surface area contributed by atoms with E-state index >= 15 is 0 Å². The lowest BCUT2D eigenvalue weighted by Gasteiger charge is -2.21. The summed E-state index contributed by atoms with van der Waals surface area (Å²) in [5.41, 5.74) is 10.3. The molecule has 1 aliphatic carbocycles. The number of hydrogen-bond acceptors (Lipinski definition) is 3. The van der Waals surface area contributed by atoms with Crippen molar-refractivity contribution in [2.24, 2.45) is 11.7 Å². The first-order valence-corrected chi connectivity index (χ1v) is 12.6. The lowest BCUT2D eigenvalue weighted by atomic mass is 9.90. The van der Waals surface area contributed by atoms with Gasteiger partial charge in [0.15, 0.2) is 0 Å². The summed E-state index contributed by atoms with van der Waals surface area (Å²) < 4.78 is 19.8. The zero-order chi connectivity index (χ0) is 27.7. The smallest absolute Gasteiger partial charge is 0.251 e. The van der Waals surface area contributed by atoms with E-state index in [1.54, 1.807) is 25.1 Å². The van der Waals surface area contributed by atoms with Gasteiger partial charge in [0.2, 0.25) is 5.91 Å². The van der Waals surface area contributed by atoms with Crippen LogP contribution in [0, 0.1) is 18.7 Å². The Kier molecular flexibility index (Phi) is 9.99. The summed E-state index contributed by atoms with van der Waals surface area (Å²) in [5.74, 6) is -0.638. The maximum absolute atomic E-state index is 13.8. The van der Waals surface area contributed by atoms with Crippen molar-refractivity contribution in [1.29, 1.82) is 0 Å². The molecule has 0 heterocycles. The number of aryl methyl sites for hydroxylation is 1. The van der Waals surface area contributed by atoms with E-state index in [4.69, 9.17) is 10.5 Å². The largest absolute Gasteiger partial charge is 0.493 e. The van der Waals surface area contributed by atoms with Gasteiger partial charge in [-0.3, -0.25) is 9.59 Å². The van der Waals surface area contributed by atoms with Crippen LogP contribution in [0.15, 0.2) is 102 Å². The second-order valence-corrected chi connectivity index (χ2v) is 9.42. The first-order valence-electron chi connectivity index (χ1n) is 12.6. The summed E-state index contributed by atoms with van der Waals surface area (Å²) in [6, 6.07) is 13.5. The fraction of sp³-hybridized carbons (Fsp3) is 0.250. The van der Waals surface area contributed by atoms with Crippen molar-refractivity contribution >= 4 is 17.4 Å². The molecular weight excluding hydrogens is 479 g/mol. The van der Waals surface area contributed by atoms with Gasteiger partial charge in [-0.2, -0.15) is 0 Å². The molecule has 3 N–H and O–H groups in total. The average molecular weight is 515 g/mol. The van der Waals surface area contributed by atoms with Gasteiger partial charge in [0.05, 0.1) is 5.76 Å². The molecule has 2 amide bonds. The highest BCUT2D eigenvalue weighted by molar-refractivity contribution is 5.98. The predicted molar refractivity (Wildman–Crippen MR) is 150 cm³/mol. The van der Waals surface area contributed by atoms with E-state index < -0.39 is 17.9 Å². The highest BCUT2D eigenvalue weighted by atomic mass is 19.1. The number of carbonyl (C=O) groups is 2. The van der Waals surface area contributed by atoms with E-state index in [2.05, 4.69) is 11.9 Å². The minimum atomic E-state index is -0.973. The average Bonchev–Trinajstić information content (AvgIpc) is 2.91. The van der Waals surface area contributed by atoms with E-state index in [1.165, 1.54) is 12.1 Å². The highest BCUT2D eigenvalue weighted by Crippen LogP contribution is 2.28. The van der Waals surface area contributed by atoms with Crippen molar-refractivity contribution in [3.63, 3.8) is 0 Å². The summed E-state index contributed by atoms with van der Waals surface area (Å²) >= 11 is 0. The third-order valence-corrected chi connectivity index (χ3v) is 6.59. The molecular formula is C32H35FN2O3. The second kappa shape index (κ2) is 13.4. The van der Waals surface area contributed by atoms with E-state index in [-0.39, 0.29) is 23.7 Å². The quantitative estimate of drug-likeness (QED) is 0.282. The summed E-state index contributed by atoms with van der Waals surface area (Å²) in [6.07, 6.45) is 10.2. The summed E-state index contributed by atoms with van der Waals surface area (Å²) in [5, 5.41) is 2.68. The van der Waals surface area contributed by atoms with Crippen LogP contribution in [0.3, 0.4) is 0 Å². The molecule has 5 nitrogen and oxygen atoms in total. The molecule has 3 rings (SSSR count). The molecule has 0 aromatic heterocycles. The van der Waals surface area contributed by atoms with Gasteiger partial charge >= 0.3 is 0 Å². The lowest BCUT2D eigenvalue weighted by molar-refractivity contribution is -0.125. The first kappa shape index (κ1) is 28.4. The number of primary amides is 1. The molecule has 2 unspecified atom stereocenters. The Morgan fingerprint density at radius 3 is 2.61 bits per heavy atom. The minimum absolute atomic E-state index is 0.0489. The zero-order valence-corrected chi connectivity index (χ0v) is 22.2. The minimum Gasteiger partial charge on any atom is -0.493 e. The number of nitrogens with two attached hydrogens (primary N) is 1. The molecule has 0 bridgehead atoms. The fourth-order valence-electron chi connectivity index (χ4n) is 4.20.